The molecule has 45 heavy (non-hydrogen) atoms. The van der Waals surface area contributed by atoms with Gasteiger partial charge in [0.25, 0.3) is 0 Å². The van der Waals surface area contributed by atoms with E-state index in [4.69, 9.17) is 18.9 Å². The van der Waals surface area contributed by atoms with E-state index < -0.39 is 78.1 Å². The summed E-state index contributed by atoms with van der Waals surface area (Å²) in [7, 11) is 0. The zero-order valence-electron chi connectivity index (χ0n) is 23.0. The number of hydrogen-bond acceptors (Lipinski definition) is 15. The second-order valence-corrected chi connectivity index (χ2v) is 10.2. The van der Waals surface area contributed by atoms with Gasteiger partial charge in [-0.1, -0.05) is 6.07 Å². The van der Waals surface area contributed by atoms with Crippen molar-refractivity contribution in [1.82, 2.24) is 0 Å². The number of aromatic hydroxyl groups is 7. The highest BCUT2D eigenvalue weighted by molar-refractivity contribution is 5.87. The summed E-state index contributed by atoms with van der Waals surface area (Å²) in [5, 5.41) is 101. The predicted molar refractivity (Wildman–Crippen MR) is 150 cm³/mol. The van der Waals surface area contributed by atoms with Crippen molar-refractivity contribution in [2.24, 2.45) is 0 Å². The predicted octanol–water partition coefficient (Wildman–Crippen LogP) is 1.18. The number of benzene rings is 3. The van der Waals surface area contributed by atoms with Crippen molar-refractivity contribution in [3.8, 4) is 46.0 Å². The number of fused-ring (bicyclic) bond motifs is 1. The summed E-state index contributed by atoms with van der Waals surface area (Å²) in [6.45, 7) is -0.615. The molecule has 3 aromatic rings. The first-order chi connectivity index (χ1) is 21.3. The summed E-state index contributed by atoms with van der Waals surface area (Å²) in [6.07, 6.45) is -6.45. The van der Waals surface area contributed by atoms with Gasteiger partial charge in [-0.25, -0.2) is 4.79 Å². The van der Waals surface area contributed by atoms with E-state index in [0.29, 0.717) is 5.56 Å². The van der Waals surface area contributed by atoms with Gasteiger partial charge >= 0.3 is 5.97 Å². The first kappa shape index (κ1) is 31.1. The molecule has 0 aliphatic carbocycles. The van der Waals surface area contributed by atoms with E-state index in [1.807, 2.05) is 0 Å². The van der Waals surface area contributed by atoms with Gasteiger partial charge in [0.2, 0.25) is 6.29 Å². The summed E-state index contributed by atoms with van der Waals surface area (Å²) in [5.41, 5.74) is 0.392. The molecule has 6 atom stereocenters. The van der Waals surface area contributed by atoms with Crippen molar-refractivity contribution in [3.05, 3.63) is 71.0 Å². The van der Waals surface area contributed by atoms with Crippen LogP contribution in [0, 0.1) is 0 Å². The van der Waals surface area contributed by atoms with E-state index in [1.165, 1.54) is 36.4 Å². The number of hydrogen-bond donors (Lipinski definition) is 10. The smallest absolute Gasteiger partial charge is 0.330 e. The van der Waals surface area contributed by atoms with Crippen molar-refractivity contribution in [2.75, 3.05) is 6.61 Å². The number of rotatable bonds is 7. The number of phenolic OH excluding ortho intramolecular Hbond substituents is 7. The van der Waals surface area contributed by atoms with Gasteiger partial charge in [0, 0.05) is 23.8 Å². The first-order valence-corrected chi connectivity index (χ1v) is 13.2. The van der Waals surface area contributed by atoms with Crippen LogP contribution in [0.15, 0.2) is 54.3 Å². The highest BCUT2D eigenvalue weighted by atomic mass is 16.7. The van der Waals surface area contributed by atoms with Crippen LogP contribution >= 0.6 is 0 Å². The quantitative estimate of drug-likeness (QED) is 0.100. The number of carbonyl (C=O) groups is 1. The SMILES string of the molecule is O=C(/C=C/c1ccc(O)c(O)c1)OC[C@H]1O[C@@H](OC2=Cc3c(O)cc(O)cc3OC2c2cc(O)c(O)c(O)c2)[C@H](O)[C@@H](O)[C@@H]1O. The van der Waals surface area contributed by atoms with Crippen molar-refractivity contribution in [1.29, 1.82) is 0 Å². The number of aliphatic hydroxyl groups is 3. The maximum absolute atomic E-state index is 12.3. The summed E-state index contributed by atoms with van der Waals surface area (Å²) >= 11 is 0. The molecular weight excluding hydrogens is 600 g/mol. The lowest BCUT2D eigenvalue weighted by Crippen LogP contribution is -2.59. The topological polar surface area (TPSA) is 256 Å². The van der Waals surface area contributed by atoms with Crippen LogP contribution in [0.25, 0.3) is 12.2 Å². The summed E-state index contributed by atoms with van der Waals surface area (Å²) in [4.78, 5) is 12.3. The molecule has 2 heterocycles. The third-order valence-corrected chi connectivity index (χ3v) is 7.01. The highest BCUT2D eigenvalue weighted by Crippen LogP contribution is 2.47. The first-order valence-electron chi connectivity index (χ1n) is 13.2. The molecule has 1 unspecified atom stereocenters. The van der Waals surface area contributed by atoms with Gasteiger partial charge in [0.1, 0.15) is 54.0 Å². The molecule has 238 valence electrons. The molecule has 3 aromatic carbocycles. The number of aliphatic hydroxyl groups excluding tert-OH is 3. The Morgan fingerprint density at radius 1 is 0.800 bits per heavy atom. The molecule has 0 saturated carbocycles. The molecule has 0 aromatic heterocycles. The maximum atomic E-state index is 12.3. The van der Waals surface area contributed by atoms with Crippen LogP contribution in [0.2, 0.25) is 0 Å². The van der Waals surface area contributed by atoms with E-state index >= 15 is 0 Å². The van der Waals surface area contributed by atoms with Crippen LogP contribution in [-0.4, -0.2) is 94.3 Å². The summed E-state index contributed by atoms with van der Waals surface area (Å²) < 4.78 is 22.5. The Balaban J connectivity index is 1.37. The number of esters is 1. The van der Waals surface area contributed by atoms with Gasteiger partial charge in [-0.15, -0.1) is 0 Å². The highest BCUT2D eigenvalue weighted by Gasteiger charge is 2.46. The fourth-order valence-corrected chi connectivity index (χ4v) is 4.65. The molecule has 0 spiro atoms. The third kappa shape index (κ3) is 6.46. The minimum absolute atomic E-state index is 0.00706. The van der Waals surface area contributed by atoms with E-state index in [-0.39, 0.29) is 34.1 Å². The van der Waals surface area contributed by atoms with Gasteiger partial charge in [0.05, 0.1) is 5.56 Å². The largest absolute Gasteiger partial charge is 0.508 e. The summed E-state index contributed by atoms with van der Waals surface area (Å²) in [5.74, 6) is -4.94. The Labute approximate surface area is 253 Å². The molecule has 1 saturated heterocycles. The van der Waals surface area contributed by atoms with Crippen LogP contribution in [0.3, 0.4) is 0 Å². The number of carbonyl (C=O) groups excluding carboxylic acids is 1. The second-order valence-electron chi connectivity index (χ2n) is 10.2. The minimum Gasteiger partial charge on any atom is -0.508 e. The van der Waals surface area contributed by atoms with Crippen LogP contribution in [0.5, 0.6) is 46.0 Å². The lowest BCUT2D eigenvalue weighted by Gasteiger charge is -2.41. The Hall–Kier alpha value is -5.35. The van der Waals surface area contributed by atoms with E-state index in [9.17, 15) is 55.9 Å². The maximum Gasteiger partial charge on any atom is 0.330 e. The molecule has 15 nitrogen and oxygen atoms in total. The zero-order valence-corrected chi connectivity index (χ0v) is 23.0. The minimum atomic E-state index is -1.87. The van der Waals surface area contributed by atoms with E-state index in [0.717, 1.165) is 24.3 Å². The molecular formula is C30H28O15. The van der Waals surface area contributed by atoms with Gasteiger partial charge in [0.15, 0.2) is 34.9 Å². The third-order valence-electron chi connectivity index (χ3n) is 7.01. The lowest BCUT2D eigenvalue weighted by atomic mass is 9.98. The molecule has 15 heteroatoms. The van der Waals surface area contributed by atoms with Crippen molar-refractivity contribution < 1.29 is 74.8 Å². The zero-order chi connectivity index (χ0) is 32.6. The summed E-state index contributed by atoms with van der Waals surface area (Å²) in [6, 6.07) is 8.10. The van der Waals surface area contributed by atoms with Crippen molar-refractivity contribution in [2.45, 2.75) is 36.8 Å². The Bertz CT molecular complexity index is 1640. The van der Waals surface area contributed by atoms with Crippen molar-refractivity contribution >= 4 is 18.1 Å². The molecule has 0 bridgehead atoms. The molecule has 10 N–H and O–H groups in total. The van der Waals surface area contributed by atoms with Gasteiger partial charge < -0.3 is 70.0 Å². The van der Waals surface area contributed by atoms with Crippen LogP contribution in [0.1, 0.15) is 22.8 Å². The fraction of sp³-hybridized carbons (Fsp3) is 0.233. The molecule has 2 aliphatic heterocycles. The number of ether oxygens (including phenoxy) is 4. The monoisotopic (exact) mass is 628 g/mol. The molecule has 0 amide bonds. The molecule has 2 aliphatic rings. The van der Waals surface area contributed by atoms with Crippen molar-refractivity contribution in [3.63, 3.8) is 0 Å². The molecule has 1 fully saturated rings. The Morgan fingerprint density at radius 3 is 2.20 bits per heavy atom. The van der Waals surface area contributed by atoms with Crippen LogP contribution in [0.4, 0.5) is 0 Å². The van der Waals surface area contributed by atoms with E-state index in [1.54, 1.807) is 0 Å². The standard InChI is InChI=1S/C30H28O15/c31-14-8-17(33)15-10-22(29(43-21(15)9-14)13-6-19(35)25(38)20(36)7-13)44-30-28(41)27(40)26(39)23(45-30)11-42-24(37)4-2-12-1-3-16(32)18(34)5-12/h1-10,23,26-36,38-41H,11H2/b4-2+/t23-,26-,27+,28-,29?,30-/m1/s1. The normalized spacial score (nSPS) is 24.4. The van der Waals surface area contributed by atoms with E-state index in [2.05, 4.69) is 0 Å². The molecule has 5 rings (SSSR count). The van der Waals surface area contributed by atoms with Gasteiger partial charge in [-0.05, 0) is 42.0 Å². The average molecular weight is 629 g/mol. The average Bonchev–Trinajstić information content (AvgIpc) is 2.99. The fourth-order valence-electron chi connectivity index (χ4n) is 4.65. The lowest BCUT2D eigenvalue weighted by molar-refractivity contribution is -0.294. The Kier molecular flexibility index (Phi) is 8.52. The Morgan fingerprint density at radius 2 is 1.51 bits per heavy atom. The second kappa shape index (κ2) is 12.3. The van der Waals surface area contributed by atoms with Gasteiger partial charge in [-0.2, -0.15) is 0 Å². The van der Waals surface area contributed by atoms with Crippen LogP contribution in [-0.2, 0) is 19.0 Å². The van der Waals surface area contributed by atoms with Crippen LogP contribution < -0.4 is 4.74 Å². The molecule has 0 radical (unpaired) electrons. The van der Waals surface area contributed by atoms with Gasteiger partial charge in [-0.3, -0.25) is 0 Å². The number of phenols is 7.